The number of hydrogen-bond donors (Lipinski definition) is 0. The first-order chi connectivity index (χ1) is 9.48. The maximum Gasteiger partial charge on any atom is 0.310 e. The summed E-state index contributed by atoms with van der Waals surface area (Å²) in [5, 5.41) is 0. The molecule has 2 atom stereocenters. The summed E-state index contributed by atoms with van der Waals surface area (Å²) in [5.41, 5.74) is 1.02. The van der Waals surface area contributed by atoms with E-state index in [1.807, 2.05) is 6.92 Å². The molecule has 0 spiro atoms. The smallest absolute Gasteiger partial charge is 0.310 e. The van der Waals surface area contributed by atoms with Gasteiger partial charge in [0.25, 0.3) is 0 Å². The zero-order valence-corrected chi connectivity index (χ0v) is 12.1. The fourth-order valence-corrected chi connectivity index (χ4v) is 4.29. The highest BCUT2D eigenvalue weighted by Crippen LogP contribution is 2.32. The van der Waals surface area contributed by atoms with Crippen LogP contribution < -0.4 is 0 Å². The summed E-state index contributed by atoms with van der Waals surface area (Å²) in [6.45, 7) is 3.03. The maximum atomic E-state index is 12.6. The van der Waals surface area contributed by atoms with Crippen LogP contribution >= 0.6 is 0 Å². The number of fused-ring (bicyclic) bond motifs is 1. The van der Waals surface area contributed by atoms with Gasteiger partial charge in [0.05, 0.1) is 17.4 Å². The number of carbonyl (C=O) groups excluding carboxylic acids is 1. The lowest BCUT2D eigenvalue weighted by Gasteiger charge is -2.31. The van der Waals surface area contributed by atoms with Crippen molar-refractivity contribution in [2.75, 3.05) is 19.7 Å². The van der Waals surface area contributed by atoms with E-state index in [1.54, 1.807) is 24.3 Å². The Bertz CT molecular complexity index is 623. The molecule has 2 aliphatic heterocycles. The van der Waals surface area contributed by atoms with Crippen molar-refractivity contribution in [1.29, 1.82) is 0 Å². The number of benzene rings is 1. The molecule has 0 amide bonds. The standard InChI is InChI=1S/C14H17NO4S/c1-10-2-4-12(5-3-10)20(17,18)15-7-6-11-9-19-14(16)13(11)8-15/h2-5,11,13H,6-9H2,1H3/t11-,13+/m0/s1. The molecule has 0 saturated carbocycles. The van der Waals surface area contributed by atoms with Gasteiger partial charge in [-0.05, 0) is 25.5 Å². The van der Waals surface area contributed by atoms with Crippen molar-refractivity contribution < 1.29 is 17.9 Å². The van der Waals surface area contributed by atoms with E-state index in [2.05, 4.69) is 0 Å². The Balaban J connectivity index is 1.85. The van der Waals surface area contributed by atoms with Crippen molar-refractivity contribution in [3.05, 3.63) is 29.8 Å². The van der Waals surface area contributed by atoms with Gasteiger partial charge in [-0.15, -0.1) is 0 Å². The van der Waals surface area contributed by atoms with Crippen molar-refractivity contribution in [3.8, 4) is 0 Å². The molecular formula is C14H17NO4S. The number of esters is 1. The highest BCUT2D eigenvalue weighted by molar-refractivity contribution is 7.89. The van der Waals surface area contributed by atoms with Gasteiger partial charge >= 0.3 is 5.97 Å². The lowest BCUT2D eigenvalue weighted by molar-refractivity contribution is -0.141. The Morgan fingerprint density at radius 2 is 1.95 bits per heavy atom. The number of carbonyl (C=O) groups is 1. The van der Waals surface area contributed by atoms with Crippen molar-refractivity contribution in [1.82, 2.24) is 4.31 Å². The largest absolute Gasteiger partial charge is 0.465 e. The predicted octanol–water partition coefficient (Wildman–Crippen LogP) is 1.18. The molecule has 0 aromatic heterocycles. The molecule has 20 heavy (non-hydrogen) atoms. The quantitative estimate of drug-likeness (QED) is 0.769. The number of cyclic esters (lactones) is 1. The summed E-state index contributed by atoms with van der Waals surface area (Å²) < 4.78 is 31.6. The monoisotopic (exact) mass is 295 g/mol. The van der Waals surface area contributed by atoms with E-state index >= 15 is 0 Å². The summed E-state index contributed by atoms with van der Waals surface area (Å²) in [4.78, 5) is 11.9. The highest BCUT2D eigenvalue weighted by atomic mass is 32.2. The second kappa shape index (κ2) is 4.86. The molecule has 0 bridgehead atoms. The summed E-state index contributed by atoms with van der Waals surface area (Å²) >= 11 is 0. The fraction of sp³-hybridized carbons (Fsp3) is 0.500. The first-order valence-corrected chi connectivity index (χ1v) is 8.16. The van der Waals surface area contributed by atoms with E-state index in [1.165, 1.54) is 4.31 Å². The molecule has 1 aromatic carbocycles. The van der Waals surface area contributed by atoms with Crippen LogP contribution in [0, 0.1) is 18.8 Å². The van der Waals surface area contributed by atoms with Crippen molar-refractivity contribution in [2.24, 2.45) is 11.8 Å². The fourth-order valence-electron chi connectivity index (χ4n) is 2.81. The first-order valence-electron chi connectivity index (χ1n) is 6.72. The average Bonchev–Trinajstić information content (AvgIpc) is 2.80. The van der Waals surface area contributed by atoms with Gasteiger partial charge in [0.15, 0.2) is 0 Å². The number of piperidine rings is 1. The van der Waals surface area contributed by atoms with Crippen LogP contribution in [-0.4, -0.2) is 38.4 Å². The lowest BCUT2D eigenvalue weighted by atomic mass is 9.89. The number of ether oxygens (including phenoxy) is 1. The van der Waals surface area contributed by atoms with Crippen LogP contribution in [0.1, 0.15) is 12.0 Å². The molecule has 2 aliphatic rings. The molecule has 0 N–H and O–H groups in total. The highest BCUT2D eigenvalue weighted by Gasteiger charge is 2.44. The molecule has 108 valence electrons. The second-order valence-electron chi connectivity index (χ2n) is 5.46. The van der Waals surface area contributed by atoms with Gasteiger partial charge in [-0.2, -0.15) is 4.31 Å². The molecule has 2 heterocycles. The molecule has 6 heteroatoms. The molecule has 0 radical (unpaired) electrons. The maximum absolute atomic E-state index is 12.6. The van der Waals surface area contributed by atoms with Crippen LogP contribution in [0.3, 0.4) is 0 Å². The Hall–Kier alpha value is -1.40. The summed E-state index contributed by atoms with van der Waals surface area (Å²) in [6, 6.07) is 6.79. The minimum atomic E-state index is -3.52. The topological polar surface area (TPSA) is 63.7 Å². The van der Waals surface area contributed by atoms with Crippen molar-refractivity contribution in [3.63, 3.8) is 0 Å². The third kappa shape index (κ3) is 2.23. The first kappa shape index (κ1) is 13.6. The Morgan fingerprint density at radius 3 is 2.65 bits per heavy atom. The van der Waals surface area contributed by atoms with Crippen LogP contribution in [0.2, 0.25) is 0 Å². The number of rotatable bonds is 2. The van der Waals surface area contributed by atoms with E-state index in [4.69, 9.17) is 4.74 Å². The molecule has 0 unspecified atom stereocenters. The Morgan fingerprint density at radius 1 is 1.25 bits per heavy atom. The second-order valence-corrected chi connectivity index (χ2v) is 7.40. The number of nitrogens with zero attached hydrogens (tertiary/aromatic N) is 1. The van der Waals surface area contributed by atoms with Crippen molar-refractivity contribution in [2.45, 2.75) is 18.2 Å². The van der Waals surface area contributed by atoms with Crippen LogP contribution in [-0.2, 0) is 19.6 Å². The van der Waals surface area contributed by atoms with Crippen LogP contribution in [0.4, 0.5) is 0 Å². The summed E-state index contributed by atoms with van der Waals surface area (Å²) in [6.07, 6.45) is 0.682. The normalized spacial score (nSPS) is 27.1. The van der Waals surface area contributed by atoms with Gasteiger partial charge in [-0.1, -0.05) is 17.7 Å². The van der Waals surface area contributed by atoms with Crippen molar-refractivity contribution >= 4 is 16.0 Å². The van der Waals surface area contributed by atoms with E-state index < -0.39 is 10.0 Å². The minimum absolute atomic E-state index is 0.173. The van der Waals surface area contributed by atoms with E-state index in [0.717, 1.165) is 5.56 Å². The molecule has 2 saturated heterocycles. The van der Waals surface area contributed by atoms with E-state index in [9.17, 15) is 13.2 Å². The summed E-state index contributed by atoms with van der Waals surface area (Å²) in [7, 11) is -3.52. The molecule has 0 aliphatic carbocycles. The molecule has 1 aromatic rings. The molecule has 3 rings (SSSR count). The van der Waals surface area contributed by atoms with Gasteiger partial charge in [-0.25, -0.2) is 8.42 Å². The number of aryl methyl sites for hydroxylation is 1. The van der Waals surface area contributed by atoms with E-state index in [0.29, 0.717) is 19.6 Å². The van der Waals surface area contributed by atoms with Crippen LogP contribution in [0.25, 0.3) is 0 Å². The molecular weight excluding hydrogens is 278 g/mol. The third-order valence-corrected chi connectivity index (χ3v) is 6.00. The van der Waals surface area contributed by atoms with Crippen LogP contribution in [0.5, 0.6) is 0 Å². The number of hydrogen-bond acceptors (Lipinski definition) is 4. The van der Waals surface area contributed by atoms with Gasteiger partial charge < -0.3 is 4.74 Å². The van der Waals surface area contributed by atoms with Gasteiger partial charge in [0.1, 0.15) is 0 Å². The van der Waals surface area contributed by atoms with Crippen LogP contribution in [0.15, 0.2) is 29.2 Å². The Labute approximate surface area is 118 Å². The lowest BCUT2D eigenvalue weighted by Crippen LogP contribution is -2.44. The molecule has 2 fully saturated rings. The van der Waals surface area contributed by atoms with E-state index in [-0.39, 0.29) is 29.2 Å². The Kier molecular flexibility index (Phi) is 3.30. The zero-order chi connectivity index (χ0) is 14.3. The molecule has 5 nitrogen and oxygen atoms in total. The van der Waals surface area contributed by atoms with Gasteiger partial charge in [0.2, 0.25) is 10.0 Å². The zero-order valence-electron chi connectivity index (χ0n) is 11.3. The minimum Gasteiger partial charge on any atom is -0.465 e. The van der Waals surface area contributed by atoms with Gasteiger partial charge in [0, 0.05) is 19.0 Å². The average molecular weight is 295 g/mol. The third-order valence-electron chi connectivity index (χ3n) is 4.12. The number of sulfonamides is 1. The van der Waals surface area contributed by atoms with Gasteiger partial charge in [-0.3, -0.25) is 4.79 Å². The SMILES string of the molecule is Cc1ccc(S(=O)(=O)N2CC[C@H]3COC(=O)[C@@H]3C2)cc1. The predicted molar refractivity (Wildman–Crippen MR) is 72.5 cm³/mol. The summed E-state index contributed by atoms with van der Waals surface area (Å²) in [5.74, 6) is -0.394.